The number of hydrogen-bond acceptors (Lipinski definition) is 3. The van der Waals surface area contributed by atoms with Gasteiger partial charge in [-0.05, 0) is 20.9 Å². The van der Waals surface area contributed by atoms with E-state index < -0.39 is 0 Å². The fourth-order valence-corrected chi connectivity index (χ4v) is 1.95. The maximum atomic E-state index is 11.6. The summed E-state index contributed by atoms with van der Waals surface area (Å²) in [5.74, 6) is 0.130. The standard InChI is InChI=1S/C10H21N3O/c1-8(2)13-6-5-12(4)7-9(13)10(14)11-3/h8-9H,5-7H2,1-4H3,(H,11,14). The summed E-state index contributed by atoms with van der Waals surface area (Å²) >= 11 is 0. The Labute approximate surface area is 86.2 Å². The van der Waals surface area contributed by atoms with Crippen LogP contribution in [0.3, 0.4) is 0 Å². The van der Waals surface area contributed by atoms with Gasteiger partial charge in [0.2, 0.25) is 5.91 Å². The zero-order valence-corrected chi connectivity index (χ0v) is 9.58. The van der Waals surface area contributed by atoms with E-state index in [2.05, 4.69) is 36.0 Å². The third-order valence-electron chi connectivity index (χ3n) is 2.84. The van der Waals surface area contributed by atoms with Gasteiger partial charge in [0, 0.05) is 32.7 Å². The van der Waals surface area contributed by atoms with Crippen molar-refractivity contribution in [1.82, 2.24) is 15.1 Å². The molecule has 0 bridgehead atoms. The number of piperazine rings is 1. The second-order valence-electron chi connectivity index (χ2n) is 4.22. The fourth-order valence-electron chi connectivity index (χ4n) is 1.95. The second kappa shape index (κ2) is 4.75. The molecule has 4 nitrogen and oxygen atoms in total. The summed E-state index contributed by atoms with van der Waals surface area (Å²) in [6.07, 6.45) is 0. The molecule has 1 aliphatic heterocycles. The average molecular weight is 199 g/mol. The zero-order chi connectivity index (χ0) is 10.7. The highest BCUT2D eigenvalue weighted by atomic mass is 16.2. The van der Waals surface area contributed by atoms with Gasteiger partial charge in [0.1, 0.15) is 6.04 Å². The van der Waals surface area contributed by atoms with Crippen molar-refractivity contribution in [2.75, 3.05) is 33.7 Å². The SMILES string of the molecule is CNC(=O)C1CN(C)CCN1C(C)C. The molecular formula is C10H21N3O. The van der Waals surface area contributed by atoms with Crippen molar-refractivity contribution in [3.05, 3.63) is 0 Å². The van der Waals surface area contributed by atoms with Crippen molar-refractivity contribution in [3.63, 3.8) is 0 Å². The lowest BCUT2D eigenvalue weighted by molar-refractivity contribution is -0.129. The molecule has 14 heavy (non-hydrogen) atoms. The summed E-state index contributed by atoms with van der Waals surface area (Å²) in [6.45, 7) is 7.14. The largest absolute Gasteiger partial charge is 0.358 e. The summed E-state index contributed by atoms with van der Waals surface area (Å²) in [5, 5.41) is 2.73. The molecule has 0 saturated carbocycles. The van der Waals surface area contributed by atoms with Crippen molar-refractivity contribution in [2.24, 2.45) is 0 Å². The predicted molar refractivity (Wildman–Crippen MR) is 57.2 cm³/mol. The Morgan fingerprint density at radius 3 is 2.57 bits per heavy atom. The van der Waals surface area contributed by atoms with Crippen LogP contribution in [-0.2, 0) is 4.79 Å². The maximum Gasteiger partial charge on any atom is 0.238 e. The molecule has 0 aliphatic carbocycles. The van der Waals surface area contributed by atoms with Gasteiger partial charge < -0.3 is 10.2 Å². The van der Waals surface area contributed by atoms with E-state index in [-0.39, 0.29) is 11.9 Å². The fraction of sp³-hybridized carbons (Fsp3) is 0.900. The average Bonchev–Trinajstić information content (AvgIpc) is 2.16. The number of nitrogens with zero attached hydrogens (tertiary/aromatic N) is 2. The summed E-state index contributed by atoms with van der Waals surface area (Å²) in [4.78, 5) is 16.1. The molecule has 0 aromatic heterocycles. The molecular weight excluding hydrogens is 178 g/mol. The van der Waals surface area contributed by atoms with Crippen LogP contribution in [0.2, 0.25) is 0 Å². The first-order valence-corrected chi connectivity index (χ1v) is 5.22. The van der Waals surface area contributed by atoms with Gasteiger partial charge in [0.25, 0.3) is 0 Å². The first-order valence-electron chi connectivity index (χ1n) is 5.22. The third kappa shape index (κ3) is 2.45. The number of carbonyl (C=O) groups excluding carboxylic acids is 1. The molecule has 1 aliphatic rings. The molecule has 1 rings (SSSR count). The first kappa shape index (κ1) is 11.5. The highest BCUT2D eigenvalue weighted by Gasteiger charge is 2.31. The minimum absolute atomic E-state index is 0.0127. The number of carbonyl (C=O) groups is 1. The van der Waals surface area contributed by atoms with Crippen molar-refractivity contribution in [3.8, 4) is 0 Å². The lowest BCUT2D eigenvalue weighted by Crippen LogP contribution is -2.59. The molecule has 1 N–H and O–H groups in total. The van der Waals surface area contributed by atoms with Gasteiger partial charge in [0.15, 0.2) is 0 Å². The Hall–Kier alpha value is -0.610. The Morgan fingerprint density at radius 2 is 2.07 bits per heavy atom. The van der Waals surface area contributed by atoms with Gasteiger partial charge in [0.05, 0.1) is 0 Å². The van der Waals surface area contributed by atoms with E-state index in [1.165, 1.54) is 0 Å². The van der Waals surface area contributed by atoms with Gasteiger partial charge in [-0.2, -0.15) is 0 Å². The smallest absolute Gasteiger partial charge is 0.238 e. The van der Waals surface area contributed by atoms with Crippen molar-refractivity contribution >= 4 is 5.91 Å². The Kier molecular flexibility index (Phi) is 3.89. The van der Waals surface area contributed by atoms with E-state index in [1.54, 1.807) is 7.05 Å². The minimum atomic E-state index is 0.0127. The van der Waals surface area contributed by atoms with Crippen LogP contribution in [0.1, 0.15) is 13.8 Å². The predicted octanol–water partition coefficient (Wildman–Crippen LogP) is -0.243. The lowest BCUT2D eigenvalue weighted by atomic mass is 10.1. The van der Waals surface area contributed by atoms with Crippen LogP contribution >= 0.6 is 0 Å². The third-order valence-corrected chi connectivity index (χ3v) is 2.84. The molecule has 82 valence electrons. The molecule has 0 radical (unpaired) electrons. The molecule has 1 atom stereocenters. The van der Waals surface area contributed by atoms with Crippen LogP contribution in [0.25, 0.3) is 0 Å². The molecule has 1 amide bonds. The zero-order valence-electron chi connectivity index (χ0n) is 9.58. The van der Waals surface area contributed by atoms with Gasteiger partial charge in [-0.1, -0.05) is 0 Å². The molecule has 0 aromatic carbocycles. The normalized spacial score (nSPS) is 25.4. The summed E-state index contributed by atoms with van der Waals surface area (Å²) in [6, 6.07) is 0.449. The molecule has 1 unspecified atom stereocenters. The Bertz CT molecular complexity index is 206. The van der Waals surface area contributed by atoms with Crippen LogP contribution in [0.15, 0.2) is 0 Å². The van der Waals surface area contributed by atoms with E-state index in [9.17, 15) is 4.79 Å². The van der Waals surface area contributed by atoms with Crippen LogP contribution in [0, 0.1) is 0 Å². The molecule has 1 saturated heterocycles. The lowest BCUT2D eigenvalue weighted by Gasteiger charge is -2.41. The van der Waals surface area contributed by atoms with E-state index in [0.29, 0.717) is 6.04 Å². The number of likely N-dealkylation sites (N-methyl/N-ethyl adjacent to an activating group) is 2. The van der Waals surface area contributed by atoms with E-state index in [0.717, 1.165) is 19.6 Å². The van der Waals surface area contributed by atoms with E-state index in [1.807, 2.05) is 0 Å². The molecule has 0 spiro atoms. The van der Waals surface area contributed by atoms with E-state index >= 15 is 0 Å². The van der Waals surface area contributed by atoms with Crippen LogP contribution in [0.5, 0.6) is 0 Å². The van der Waals surface area contributed by atoms with Gasteiger partial charge >= 0.3 is 0 Å². The number of nitrogens with one attached hydrogen (secondary N) is 1. The minimum Gasteiger partial charge on any atom is -0.358 e. The van der Waals surface area contributed by atoms with E-state index in [4.69, 9.17) is 0 Å². The monoisotopic (exact) mass is 199 g/mol. The molecule has 1 heterocycles. The molecule has 4 heteroatoms. The van der Waals surface area contributed by atoms with Crippen molar-refractivity contribution in [2.45, 2.75) is 25.9 Å². The summed E-state index contributed by atoms with van der Waals surface area (Å²) < 4.78 is 0. The first-order chi connectivity index (χ1) is 6.56. The Morgan fingerprint density at radius 1 is 1.43 bits per heavy atom. The Balaban J connectivity index is 2.68. The molecule has 1 fully saturated rings. The molecule has 0 aromatic rings. The van der Waals surface area contributed by atoms with Gasteiger partial charge in [-0.25, -0.2) is 0 Å². The van der Waals surface area contributed by atoms with Crippen LogP contribution in [-0.4, -0.2) is 61.5 Å². The highest BCUT2D eigenvalue weighted by molar-refractivity contribution is 5.81. The maximum absolute atomic E-state index is 11.6. The highest BCUT2D eigenvalue weighted by Crippen LogP contribution is 2.12. The van der Waals surface area contributed by atoms with Gasteiger partial charge in [-0.3, -0.25) is 9.69 Å². The van der Waals surface area contributed by atoms with Crippen LogP contribution in [0.4, 0.5) is 0 Å². The summed E-state index contributed by atoms with van der Waals surface area (Å²) in [7, 11) is 3.77. The second-order valence-corrected chi connectivity index (χ2v) is 4.22. The van der Waals surface area contributed by atoms with Crippen molar-refractivity contribution < 1.29 is 4.79 Å². The van der Waals surface area contributed by atoms with Crippen LogP contribution < -0.4 is 5.32 Å². The number of hydrogen-bond donors (Lipinski definition) is 1. The van der Waals surface area contributed by atoms with Gasteiger partial charge in [-0.15, -0.1) is 0 Å². The quantitative estimate of drug-likeness (QED) is 0.666. The summed E-state index contributed by atoms with van der Waals surface area (Å²) in [5.41, 5.74) is 0. The topological polar surface area (TPSA) is 35.6 Å². The number of amides is 1. The van der Waals surface area contributed by atoms with Crippen molar-refractivity contribution in [1.29, 1.82) is 0 Å². The number of rotatable bonds is 2.